The van der Waals surface area contributed by atoms with Gasteiger partial charge in [-0.05, 0) is 38.1 Å². The van der Waals surface area contributed by atoms with Gasteiger partial charge in [-0.25, -0.2) is 0 Å². The number of nitrogens with zero attached hydrogens (tertiary/aromatic N) is 3. The minimum absolute atomic E-state index is 0.0277. The van der Waals surface area contributed by atoms with E-state index >= 15 is 0 Å². The second-order valence-corrected chi connectivity index (χ2v) is 8.35. The number of pyridine rings is 1. The van der Waals surface area contributed by atoms with Crippen molar-refractivity contribution in [1.82, 2.24) is 20.1 Å². The molecule has 0 saturated carbocycles. The Hall–Kier alpha value is -3.94. The molecule has 0 unspecified atom stereocenters. The van der Waals surface area contributed by atoms with Gasteiger partial charge in [-0.2, -0.15) is 0 Å². The number of piperazine rings is 1. The van der Waals surface area contributed by atoms with Gasteiger partial charge in [-0.1, -0.05) is 30.3 Å². The Kier molecular flexibility index (Phi) is 6.77. The molecule has 3 amide bonds. The summed E-state index contributed by atoms with van der Waals surface area (Å²) in [4.78, 5) is 45.9. The van der Waals surface area contributed by atoms with Gasteiger partial charge in [-0.3, -0.25) is 19.4 Å². The highest BCUT2D eigenvalue weighted by Gasteiger charge is 2.33. The van der Waals surface area contributed by atoms with Crippen molar-refractivity contribution in [2.75, 3.05) is 26.7 Å². The van der Waals surface area contributed by atoms with E-state index in [1.807, 2.05) is 25.1 Å². The molecule has 8 heteroatoms. The van der Waals surface area contributed by atoms with Gasteiger partial charge in [-0.15, -0.1) is 0 Å². The molecule has 1 N–H and O–H groups in total. The molecule has 0 aliphatic carbocycles. The van der Waals surface area contributed by atoms with Crippen LogP contribution in [-0.4, -0.2) is 71.3 Å². The van der Waals surface area contributed by atoms with Crippen LogP contribution in [0, 0.1) is 0 Å². The summed E-state index contributed by atoms with van der Waals surface area (Å²) in [6, 6.07) is 16.2. The molecule has 8 nitrogen and oxygen atoms in total. The zero-order valence-corrected chi connectivity index (χ0v) is 19.5. The van der Waals surface area contributed by atoms with Crippen molar-refractivity contribution >= 4 is 28.5 Å². The predicted octanol–water partition coefficient (Wildman–Crippen LogP) is 2.73. The molecule has 34 heavy (non-hydrogen) atoms. The minimum atomic E-state index is -0.735. The van der Waals surface area contributed by atoms with E-state index < -0.39 is 6.10 Å². The summed E-state index contributed by atoms with van der Waals surface area (Å²) < 4.78 is 6.07. The number of rotatable bonds is 5. The third-order valence-electron chi connectivity index (χ3n) is 6.08. The lowest BCUT2D eigenvalue weighted by molar-refractivity contribution is -0.142. The van der Waals surface area contributed by atoms with Crippen LogP contribution in [-0.2, 0) is 4.79 Å². The Morgan fingerprint density at radius 3 is 2.50 bits per heavy atom. The standard InChI is InChI=1S/C26H28N4O4/c1-17-16-29(26(33)19-8-5-4-6-9-19)14-15-30(17)25(32)18(2)34-22-11-7-10-21-20(22)12-13-28-23(21)24(31)27-3/h4-13,17-18H,14-16H2,1-3H3,(H,27,31)/t17-,18+/m1/s1. The Balaban J connectivity index is 1.46. The number of fused-ring (bicyclic) bond motifs is 1. The molecule has 2 atom stereocenters. The van der Waals surface area contributed by atoms with Gasteiger partial charge >= 0.3 is 0 Å². The lowest BCUT2D eigenvalue weighted by Crippen LogP contribution is -2.57. The maximum absolute atomic E-state index is 13.2. The third-order valence-corrected chi connectivity index (χ3v) is 6.08. The highest BCUT2D eigenvalue weighted by molar-refractivity contribution is 6.06. The Bertz CT molecular complexity index is 1210. The molecule has 0 bridgehead atoms. The van der Waals surface area contributed by atoms with Crippen molar-refractivity contribution in [3.63, 3.8) is 0 Å². The van der Waals surface area contributed by atoms with E-state index in [1.165, 1.54) is 0 Å². The number of carbonyl (C=O) groups is 3. The van der Waals surface area contributed by atoms with Crippen LogP contribution in [0.3, 0.4) is 0 Å². The molecule has 2 aromatic carbocycles. The number of hydrogen-bond acceptors (Lipinski definition) is 5. The minimum Gasteiger partial charge on any atom is -0.480 e. The van der Waals surface area contributed by atoms with E-state index in [1.54, 1.807) is 66.4 Å². The van der Waals surface area contributed by atoms with Crippen LogP contribution in [0.4, 0.5) is 0 Å². The van der Waals surface area contributed by atoms with Crippen LogP contribution in [0.2, 0.25) is 0 Å². The number of hydrogen-bond donors (Lipinski definition) is 1. The first-order valence-electron chi connectivity index (χ1n) is 11.3. The van der Waals surface area contributed by atoms with Gasteiger partial charge in [0.1, 0.15) is 11.4 Å². The SMILES string of the molecule is CNC(=O)c1nccc2c(O[C@@H](C)C(=O)N3CCN(C(=O)c4ccccc4)C[C@H]3C)cccc12. The fourth-order valence-corrected chi connectivity index (χ4v) is 4.29. The van der Waals surface area contributed by atoms with Crippen molar-refractivity contribution in [3.05, 3.63) is 72.1 Å². The van der Waals surface area contributed by atoms with Crippen molar-refractivity contribution in [1.29, 1.82) is 0 Å². The van der Waals surface area contributed by atoms with Crippen LogP contribution < -0.4 is 10.1 Å². The summed E-state index contributed by atoms with van der Waals surface area (Å²) in [5.74, 6) is 0.0529. The molecule has 1 fully saturated rings. The molecular formula is C26H28N4O4. The van der Waals surface area contributed by atoms with E-state index in [9.17, 15) is 14.4 Å². The highest BCUT2D eigenvalue weighted by Crippen LogP contribution is 2.28. The zero-order valence-electron chi connectivity index (χ0n) is 19.5. The monoisotopic (exact) mass is 460 g/mol. The van der Waals surface area contributed by atoms with Gasteiger partial charge in [0.25, 0.3) is 17.7 Å². The Morgan fingerprint density at radius 2 is 1.79 bits per heavy atom. The van der Waals surface area contributed by atoms with E-state index in [4.69, 9.17) is 4.74 Å². The number of ether oxygens (including phenoxy) is 1. The van der Waals surface area contributed by atoms with Gasteiger partial charge in [0.15, 0.2) is 6.10 Å². The molecule has 1 aliphatic rings. The second kappa shape index (κ2) is 9.91. The fraction of sp³-hybridized carbons (Fsp3) is 0.308. The quantitative estimate of drug-likeness (QED) is 0.632. The molecule has 3 aromatic rings. The van der Waals surface area contributed by atoms with Gasteiger partial charge in [0, 0.05) is 55.3 Å². The lowest BCUT2D eigenvalue weighted by Gasteiger charge is -2.40. The molecule has 4 rings (SSSR count). The molecule has 1 saturated heterocycles. The maximum Gasteiger partial charge on any atom is 0.270 e. The molecule has 2 heterocycles. The topological polar surface area (TPSA) is 91.8 Å². The lowest BCUT2D eigenvalue weighted by atomic mass is 10.1. The third kappa shape index (κ3) is 4.57. The molecule has 1 aliphatic heterocycles. The highest BCUT2D eigenvalue weighted by atomic mass is 16.5. The predicted molar refractivity (Wildman–Crippen MR) is 129 cm³/mol. The number of carbonyl (C=O) groups excluding carboxylic acids is 3. The van der Waals surface area contributed by atoms with Crippen LogP contribution in [0.25, 0.3) is 10.8 Å². The van der Waals surface area contributed by atoms with E-state index in [0.29, 0.717) is 47.4 Å². The van der Waals surface area contributed by atoms with Gasteiger partial charge in [0.05, 0.1) is 0 Å². The van der Waals surface area contributed by atoms with Crippen molar-refractivity contribution in [3.8, 4) is 5.75 Å². The van der Waals surface area contributed by atoms with Crippen LogP contribution in [0.5, 0.6) is 5.75 Å². The first-order chi connectivity index (χ1) is 16.4. The molecule has 1 aromatic heterocycles. The van der Waals surface area contributed by atoms with Gasteiger partial charge in [0.2, 0.25) is 0 Å². The first-order valence-corrected chi connectivity index (χ1v) is 11.3. The van der Waals surface area contributed by atoms with Crippen LogP contribution in [0.1, 0.15) is 34.7 Å². The molecule has 0 radical (unpaired) electrons. The smallest absolute Gasteiger partial charge is 0.270 e. The number of benzene rings is 2. The summed E-state index contributed by atoms with van der Waals surface area (Å²) in [5, 5.41) is 3.95. The van der Waals surface area contributed by atoms with E-state index in [2.05, 4.69) is 10.3 Å². The number of aromatic nitrogens is 1. The van der Waals surface area contributed by atoms with Gasteiger partial charge < -0.3 is 19.9 Å². The molecule has 176 valence electrons. The summed E-state index contributed by atoms with van der Waals surface area (Å²) in [5.41, 5.74) is 0.949. The van der Waals surface area contributed by atoms with Crippen LogP contribution in [0.15, 0.2) is 60.8 Å². The molecular weight excluding hydrogens is 432 g/mol. The van der Waals surface area contributed by atoms with Crippen molar-refractivity contribution in [2.45, 2.75) is 26.0 Å². The van der Waals surface area contributed by atoms with Crippen molar-refractivity contribution < 1.29 is 19.1 Å². The largest absolute Gasteiger partial charge is 0.480 e. The van der Waals surface area contributed by atoms with E-state index in [0.717, 1.165) is 0 Å². The number of nitrogens with one attached hydrogen (secondary N) is 1. The molecule has 0 spiro atoms. The average Bonchev–Trinajstić information content (AvgIpc) is 2.87. The maximum atomic E-state index is 13.2. The van der Waals surface area contributed by atoms with Crippen molar-refractivity contribution in [2.24, 2.45) is 0 Å². The summed E-state index contributed by atoms with van der Waals surface area (Å²) in [6.07, 6.45) is 0.818. The summed E-state index contributed by atoms with van der Waals surface area (Å²) >= 11 is 0. The fourth-order valence-electron chi connectivity index (χ4n) is 4.29. The Morgan fingerprint density at radius 1 is 1.03 bits per heavy atom. The second-order valence-electron chi connectivity index (χ2n) is 8.35. The number of amides is 3. The summed E-state index contributed by atoms with van der Waals surface area (Å²) in [6.45, 7) is 5.02. The Labute approximate surface area is 198 Å². The zero-order chi connectivity index (χ0) is 24.2. The summed E-state index contributed by atoms with van der Waals surface area (Å²) in [7, 11) is 1.55. The first kappa shape index (κ1) is 23.2. The normalized spacial score (nSPS) is 16.7. The van der Waals surface area contributed by atoms with Crippen LogP contribution >= 0.6 is 0 Å². The van der Waals surface area contributed by atoms with E-state index in [-0.39, 0.29) is 23.8 Å². The average molecular weight is 461 g/mol.